The van der Waals surface area contributed by atoms with E-state index < -0.39 is 0 Å². The van der Waals surface area contributed by atoms with E-state index in [9.17, 15) is 0 Å². The van der Waals surface area contributed by atoms with Crippen LogP contribution in [0.15, 0.2) is 138 Å². The summed E-state index contributed by atoms with van der Waals surface area (Å²) in [4.78, 5) is 16.5. The number of nitrogens with zero attached hydrogens (tertiary/aromatic N) is 4. The van der Waals surface area contributed by atoms with E-state index in [2.05, 4.69) is 40.2 Å². The Balaban J connectivity index is 1.39. The summed E-state index contributed by atoms with van der Waals surface area (Å²) in [5.74, 6) is 1.55. The lowest BCUT2D eigenvalue weighted by atomic mass is 10.1. The quantitative estimate of drug-likeness (QED) is 0.242. The Bertz CT molecular complexity index is 1880. The fraction of sp³-hybridized carbons (Fsp3) is 0. The van der Waals surface area contributed by atoms with Gasteiger partial charge >= 0.3 is 0 Å². The van der Waals surface area contributed by atoms with Crippen molar-refractivity contribution < 1.29 is 4.42 Å². The van der Waals surface area contributed by atoms with E-state index in [1.807, 2.05) is 97.2 Å². The van der Waals surface area contributed by atoms with Gasteiger partial charge in [0, 0.05) is 40.0 Å². The average molecular weight is 491 g/mol. The van der Waals surface area contributed by atoms with E-state index in [4.69, 9.17) is 14.4 Å². The molecule has 4 aromatic heterocycles. The van der Waals surface area contributed by atoms with E-state index in [0.717, 1.165) is 61.8 Å². The van der Waals surface area contributed by atoms with Crippen molar-refractivity contribution in [1.29, 1.82) is 0 Å². The maximum absolute atomic E-state index is 6.27. The highest BCUT2D eigenvalue weighted by molar-refractivity contribution is 6.08. The van der Waals surface area contributed by atoms with Gasteiger partial charge in [0.05, 0.1) is 11.4 Å². The lowest BCUT2D eigenvalue weighted by Gasteiger charge is -2.24. The zero-order valence-electron chi connectivity index (χ0n) is 20.4. The predicted molar refractivity (Wildman–Crippen MR) is 153 cm³/mol. The Labute approximate surface area is 219 Å². The molecule has 3 aromatic carbocycles. The van der Waals surface area contributed by atoms with Gasteiger partial charge < -0.3 is 4.42 Å². The fourth-order valence-corrected chi connectivity index (χ4v) is 4.82. The highest BCUT2D eigenvalue weighted by Gasteiger charge is 2.18. The number of benzene rings is 3. The molecule has 0 radical (unpaired) electrons. The molecule has 4 heterocycles. The highest BCUT2D eigenvalue weighted by atomic mass is 16.3. The zero-order chi connectivity index (χ0) is 25.3. The van der Waals surface area contributed by atoms with Crippen LogP contribution < -0.4 is 4.90 Å². The zero-order valence-corrected chi connectivity index (χ0v) is 20.4. The van der Waals surface area contributed by atoms with Crippen LogP contribution in [0.3, 0.4) is 0 Å². The van der Waals surface area contributed by atoms with Gasteiger partial charge in [-0.05, 0) is 48.5 Å². The molecule has 0 spiro atoms. The number of rotatable bonds is 5. The topological polar surface area (TPSA) is 55.1 Å². The molecule has 0 aliphatic rings. The molecule has 0 saturated carbocycles. The van der Waals surface area contributed by atoms with Crippen LogP contribution in [-0.4, -0.2) is 15.0 Å². The lowest BCUT2D eigenvalue weighted by molar-refractivity contribution is 0.669. The molecule has 5 heteroatoms. The van der Waals surface area contributed by atoms with Crippen molar-refractivity contribution in [3.8, 4) is 22.5 Å². The van der Waals surface area contributed by atoms with Gasteiger partial charge in [-0.15, -0.1) is 0 Å². The largest absolute Gasteiger partial charge is 0.455 e. The Kier molecular flexibility index (Phi) is 5.37. The number of fused-ring (bicyclic) bond motifs is 3. The van der Waals surface area contributed by atoms with E-state index in [1.165, 1.54) is 0 Å². The Morgan fingerprint density at radius 3 is 2.03 bits per heavy atom. The lowest BCUT2D eigenvalue weighted by Crippen LogP contribution is -2.13. The van der Waals surface area contributed by atoms with Gasteiger partial charge in [-0.3, -0.25) is 9.88 Å². The molecule has 0 N–H and O–H groups in total. The molecule has 0 bridgehead atoms. The smallest absolute Gasteiger partial charge is 0.144 e. The van der Waals surface area contributed by atoms with Gasteiger partial charge in [-0.2, -0.15) is 0 Å². The van der Waals surface area contributed by atoms with Gasteiger partial charge in [-0.25, -0.2) is 9.97 Å². The summed E-state index contributed by atoms with van der Waals surface area (Å²) < 4.78 is 6.27. The van der Waals surface area contributed by atoms with Gasteiger partial charge in [0.15, 0.2) is 0 Å². The summed E-state index contributed by atoms with van der Waals surface area (Å²) in [6.07, 6.45) is 3.59. The number of aromatic nitrogens is 3. The first-order chi connectivity index (χ1) is 18.8. The summed E-state index contributed by atoms with van der Waals surface area (Å²) in [6, 6.07) is 40.6. The maximum atomic E-state index is 6.27. The molecule has 0 aliphatic heterocycles. The third-order valence-electron chi connectivity index (χ3n) is 6.59. The summed E-state index contributed by atoms with van der Waals surface area (Å²) in [5.41, 5.74) is 6.31. The molecule has 7 rings (SSSR count). The maximum Gasteiger partial charge on any atom is 0.144 e. The van der Waals surface area contributed by atoms with E-state index in [-0.39, 0.29) is 0 Å². The summed E-state index contributed by atoms with van der Waals surface area (Å²) in [7, 11) is 0. The summed E-state index contributed by atoms with van der Waals surface area (Å²) in [5, 5.41) is 2.02. The van der Waals surface area contributed by atoms with Crippen LogP contribution in [0.2, 0.25) is 0 Å². The first kappa shape index (κ1) is 21.9. The predicted octanol–water partition coefficient (Wildman–Crippen LogP) is 8.57. The Hall–Kier alpha value is -5.29. The molecule has 0 fully saturated rings. The van der Waals surface area contributed by atoms with E-state index >= 15 is 0 Å². The van der Waals surface area contributed by atoms with Gasteiger partial charge in [-0.1, -0.05) is 72.8 Å². The molecule has 0 saturated heterocycles. The number of anilines is 3. The van der Waals surface area contributed by atoms with Crippen molar-refractivity contribution in [2.24, 2.45) is 0 Å². The second kappa shape index (κ2) is 9.30. The molecular formula is C33H22N4O. The molecule has 5 nitrogen and oxygen atoms in total. The van der Waals surface area contributed by atoms with Gasteiger partial charge in [0.2, 0.25) is 0 Å². The molecule has 38 heavy (non-hydrogen) atoms. The van der Waals surface area contributed by atoms with Crippen molar-refractivity contribution in [2.45, 2.75) is 0 Å². The minimum atomic E-state index is 0.765. The molecule has 0 aliphatic carbocycles. The van der Waals surface area contributed by atoms with Crippen LogP contribution in [0, 0.1) is 0 Å². The van der Waals surface area contributed by atoms with Crippen molar-refractivity contribution in [3.63, 3.8) is 0 Å². The monoisotopic (exact) mass is 490 g/mol. The number of furan rings is 1. The van der Waals surface area contributed by atoms with Crippen LogP contribution in [-0.2, 0) is 0 Å². The number of para-hydroxylation sites is 2. The number of hydrogen-bond donors (Lipinski definition) is 0. The number of hydrogen-bond acceptors (Lipinski definition) is 5. The van der Waals surface area contributed by atoms with Crippen LogP contribution in [0.5, 0.6) is 0 Å². The van der Waals surface area contributed by atoms with Crippen LogP contribution in [0.25, 0.3) is 44.5 Å². The second-order valence-corrected chi connectivity index (χ2v) is 8.96. The second-order valence-electron chi connectivity index (χ2n) is 8.96. The average Bonchev–Trinajstić information content (AvgIpc) is 3.38. The third-order valence-corrected chi connectivity index (χ3v) is 6.59. The minimum Gasteiger partial charge on any atom is -0.455 e. The van der Waals surface area contributed by atoms with Crippen molar-refractivity contribution >= 4 is 39.3 Å². The van der Waals surface area contributed by atoms with Gasteiger partial charge in [0.25, 0.3) is 0 Å². The normalized spacial score (nSPS) is 11.2. The summed E-state index contributed by atoms with van der Waals surface area (Å²) >= 11 is 0. The molecule has 0 unspecified atom stereocenters. The van der Waals surface area contributed by atoms with Crippen molar-refractivity contribution in [2.75, 3.05) is 4.90 Å². The van der Waals surface area contributed by atoms with Crippen molar-refractivity contribution in [3.05, 3.63) is 134 Å². The minimum absolute atomic E-state index is 0.765. The van der Waals surface area contributed by atoms with Crippen LogP contribution in [0.4, 0.5) is 17.3 Å². The third kappa shape index (κ3) is 3.87. The Morgan fingerprint density at radius 1 is 0.553 bits per heavy atom. The molecule has 0 atom stereocenters. The summed E-state index contributed by atoms with van der Waals surface area (Å²) in [6.45, 7) is 0. The van der Waals surface area contributed by atoms with E-state index in [0.29, 0.717) is 0 Å². The first-order valence-corrected chi connectivity index (χ1v) is 12.5. The molecular weight excluding hydrogens is 468 g/mol. The van der Waals surface area contributed by atoms with E-state index in [1.54, 1.807) is 6.20 Å². The SMILES string of the molecule is c1ccc(-c2cccc(N(c3ccccc3)c3cccc(-c4cccc5c4oc4ccncc45)n3)n2)cc1. The first-order valence-electron chi connectivity index (χ1n) is 12.5. The molecule has 0 amide bonds. The van der Waals surface area contributed by atoms with Crippen LogP contribution in [0.1, 0.15) is 0 Å². The van der Waals surface area contributed by atoms with Crippen molar-refractivity contribution in [1.82, 2.24) is 15.0 Å². The molecule has 7 aromatic rings. The van der Waals surface area contributed by atoms with Gasteiger partial charge in [0.1, 0.15) is 22.8 Å². The standard InChI is InChI=1S/C33H22N4O/c1-3-10-23(11-4-1)28-16-8-18-31(35-28)37(24-12-5-2-6-13-24)32-19-9-17-29(36-32)26-15-7-14-25-27-22-34-21-20-30(27)38-33(25)26/h1-22H. The Morgan fingerprint density at radius 2 is 1.24 bits per heavy atom. The molecule has 180 valence electrons. The highest BCUT2D eigenvalue weighted by Crippen LogP contribution is 2.37. The number of pyridine rings is 3. The van der Waals surface area contributed by atoms with Crippen LogP contribution >= 0.6 is 0 Å². The fourth-order valence-electron chi connectivity index (χ4n) is 4.82.